The molecule has 360 valence electrons. The van der Waals surface area contributed by atoms with Gasteiger partial charge in [-0.3, -0.25) is 52.7 Å². The van der Waals surface area contributed by atoms with Crippen LogP contribution in [-0.4, -0.2) is 161 Å². The minimum absolute atomic E-state index is 0.0896. The number of rotatable bonds is 25. The first-order valence-corrected chi connectivity index (χ1v) is 21.5. The van der Waals surface area contributed by atoms with Gasteiger partial charge >= 0.3 is 5.97 Å². The highest BCUT2D eigenvalue weighted by molar-refractivity contribution is 5.97. The predicted octanol–water partition coefficient (Wildman–Crippen LogP) is -4.66. The molecule has 10 amide bonds. The number of carbonyl (C=O) groups is 11. The number of carboxylic acid groups (broad SMARTS) is 1. The highest BCUT2D eigenvalue weighted by atomic mass is 16.4. The summed E-state index contributed by atoms with van der Waals surface area (Å²) in [6.07, 6.45) is -0.0974. The second kappa shape index (κ2) is 26.0. The van der Waals surface area contributed by atoms with Crippen molar-refractivity contribution >= 4 is 65.0 Å². The van der Waals surface area contributed by atoms with Crippen LogP contribution in [0.15, 0.2) is 0 Å². The Hall–Kier alpha value is -5.91. The molecule has 0 spiro atoms. The van der Waals surface area contributed by atoms with Crippen molar-refractivity contribution in [3.05, 3.63) is 0 Å². The summed E-state index contributed by atoms with van der Waals surface area (Å²) in [4.78, 5) is 141. The summed E-state index contributed by atoms with van der Waals surface area (Å²) in [5.41, 5.74) is 5.30. The summed E-state index contributed by atoms with van der Waals surface area (Å²) in [7, 11) is 0. The fourth-order valence-electron chi connectivity index (χ4n) is 6.87. The maximum absolute atomic E-state index is 13.5. The number of amides is 10. The average molecular weight is 910 g/mol. The van der Waals surface area contributed by atoms with Crippen LogP contribution in [0.1, 0.15) is 93.4 Å². The van der Waals surface area contributed by atoms with Gasteiger partial charge < -0.3 is 68.7 Å². The van der Waals surface area contributed by atoms with Crippen LogP contribution in [0.3, 0.4) is 0 Å². The quantitative estimate of drug-likeness (QED) is 0.0410. The Morgan fingerprint density at radius 1 is 0.656 bits per heavy atom. The molecule has 24 nitrogen and oxygen atoms in total. The van der Waals surface area contributed by atoms with Gasteiger partial charge in [-0.15, -0.1) is 0 Å². The van der Waals surface area contributed by atoms with Crippen molar-refractivity contribution in [3.63, 3.8) is 0 Å². The van der Waals surface area contributed by atoms with E-state index in [9.17, 15) is 57.8 Å². The third kappa shape index (κ3) is 18.4. The number of primary amides is 1. The lowest BCUT2D eigenvalue weighted by atomic mass is 10.0. The van der Waals surface area contributed by atoms with Crippen molar-refractivity contribution in [2.24, 2.45) is 17.6 Å². The van der Waals surface area contributed by atoms with Gasteiger partial charge in [-0.2, -0.15) is 0 Å². The van der Waals surface area contributed by atoms with E-state index in [2.05, 4.69) is 47.9 Å². The summed E-state index contributed by atoms with van der Waals surface area (Å²) in [6, 6.07) is -8.84. The molecule has 2 saturated heterocycles. The molecule has 24 heteroatoms. The fraction of sp³-hybridized carbons (Fsp3) is 0.725. The minimum atomic E-state index is -1.36. The average Bonchev–Trinajstić information content (AvgIpc) is 3.89. The molecule has 2 heterocycles. The first-order valence-electron chi connectivity index (χ1n) is 21.5. The third-order valence-electron chi connectivity index (χ3n) is 10.4. The molecule has 0 aromatic carbocycles. The first kappa shape index (κ1) is 54.2. The molecular formula is C40H67N11O13. The van der Waals surface area contributed by atoms with Crippen LogP contribution in [-0.2, 0) is 52.7 Å². The SMILES string of the molecule is CC(C)C[C@H](NC(=O)CNC(=O)[C@H](CC(C)C)NC(=O)[C@H](CCC(N)=O)NC(=O)[C@H](C)NC(=O)[C@H]1C[C@H](O)CN1)C(=O)N[C@@H](C)C(=O)NCC(=O)N1CCC[C@H]1C(=O)N[C@@H](C)C(=O)O. The van der Waals surface area contributed by atoms with E-state index in [0.717, 1.165) is 0 Å². The van der Waals surface area contributed by atoms with Gasteiger partial charge in [0.05, 0.1) is 25.2 Å². The fourth-order valence-corrected chi connectivity index (χ4v) is 6.87. The number of carboxylic acids is 1. The Balaban J connectivity index is 2.00. The molecule has 0 bridgehead atoms. The van der Waals surface area contributed by atoms with Crippen LogP contribution in [0.5, 0.6) is 0 Å². The van der Waals surface area contributed by atoms with Crippen LogP contribution < -0.4 is 53.6 Å². The van der Waals surface area contributed by atoms with Gasteiger partial charge in [-0.25, -0.2) is 0 Å². The zero-order valence-electron chi connectivity index (χ0n) is 37.5. The van der Waals surface area contributed by atoms with E-state index >= 15 is 0 Å². The normalized spacial score (nSPS) is 19.8. The summed E-state index contributed by atoms with van der Waals surface area (Å²) in [5, 5.41) is 41.4. The van der Waals surface area contributed by atoms with Crippen LogP contribution >= 0.6 is 0 Å². The number of nitrogens with two attached hydrogens (primary N) is 1. The lowest BCUT2D eigenvalue weighted by molar-refractivity contribution is -0.143. The van der Waals surface area contributed by atoms with E-state index in [0.29, 0.717) is 12.8 Å². The van der Waals surface area contributed by atoms with Crippen LogP contribution in [0.2, 0.25) is 0 Å². The molecule has 2 aliphatic heterocycles. The molecule has 0 aliphatic carbocycles. The maximum atomic E-state index is 13.5. The Morgan fingerprint density at radius 2 is 1.20 bits per heavy atom. The summed E-state index contributed by atoms with van der Waals surface area (Å²) in [6.45, 7) is 10.5. The van der Waals surface area contributed by atoms with Crippen molar-refractivity contribution in [1.82, 2.24) is 52.8 Å². The molecule has 13 N–H and O–H groups in total. The van der Waals surface area contributed by atoms with Crippen molar-refractivity contribution < 1.29 is 63.0 Å². The first-order chi connectivity index (χ1) is 29.9. The second-order valence-electron chi connectivity index (χ2n) is 17.1. The number of aliphatic hydroxyl groups excluding tert-OH is 1. The van der Waals surface area contributed by atoms with E-state index < -0.39 is 133 Å². The van der Waals surface area contributed by atoms with Gasteiger partial charge in [-0.05, 0) is 71.1 Å². The van der Waals surface area contributed by atoms with Crippen LogP contribution in [0, 0.1) is 11.8 Å². The Labute approximate surface area is 371 Å². The van der Waals surface area contributed by atoms with E-state index in [-0.39, 0.29) is 57.0 Å². The smallest absolute Gasteiger partial charge is 0.325 e. The van der Waals surface area contributed by atoms with Crippen molar-refractivity contribution in [3.8, 4) is 0 Å². The summed E-state index contributed by atoms with van der Waals surface area (Å²) >= 11 is 0. The largest absolute Gasteiger partial charge is 0.480 e. The number of carbonyl (C=O) groups excluding carboxylic acids is 10. The van der Waals surface area contributed by atoms with E-state index in [1.807, 2.05) is 0 Å². The molecule has 9 atom stereocenters. The monoisotopic (exact) mass is 909 g/mol. The van der Waals surface area contributed by atoms with Crippen LogP contribution in [0.25, 0.3) is 0 Å². The van der Waals surface area contributed by atoms with Gasteiger partial charge in [0.15, 0.2) is 0 Å². The molecule has 0 saturated carbocycles. The highest BCUT2D eigenvalue weighted by Crippen LogP contribution is 2.18. The molecule has 2 fully saturated rings. The third-order valence-corrected chi connectivity index (χ3v) is 10.4. The number of nitrogens with zero attached hydrogens (tertiary/aromatic N) is 1. The number of nitrogens with one attached hydrogen (secondary N) is 9. The number of hydrogen-bond acceptors (Lipinski definition) is 13. The molecule has 0 radical (unpaired) electrons. The lowest BCUT2D eigenvalue weighted by Gasteiger charge is -2.26. The topological polar surface area (TPSA) is 366 Å². The molecule has 2 aliphatic rings. The number of aliphatic hydroxyl groups is 1. The number of β-amino-alcohol motifs (C(OH)–C–C–N with tert-alkyl or cyclic N) is 1. The Bertz CT molecular complexity index is 1730. The molecular weight excluding hydrogens is 843 g/mol. The van der Waals surface area contributed by atoms with Crippen LogP contribution in [0.4, 0.5) is 0 Å². The molecule has 0 unspecified atom stereocenters. The van der Waals surface area contributed by atoms with E-state index in [1.165, 1.54) is 25.7 Å². The maximum Gasteiger partial charge on any atom is 0.325 e. The number of hydrogen-bond donors (Lipinski definition) is 12. The zero-order valence-corrected chi connectivity index (χ0v) is 37.5. The van der Waals surface area contributed by atoms with Crippen molar-refractivity contribution in [2.45, 2.75) is 148 Å². The summed E-state index contributed by atoms with van der Waals surface area (Å²) < 4.78 is 0. The zero-order chi connectivity index (χ0) is 48.4. The Kier molecular flexibility index (Phi) is 22.0. The van der Waals surface area contributed by atoms with Crippen molar-refractivity contribution in [1.29, 1.82) is 0 Å². The number of aliphatic carboxylic acids is 1. The van der Waals surface area contributed by atoms with Crippen molar-refractivity contribution in [2.75, 3.05) is 26.2 Å². The molecule has 0 aromatic heterocycles. The standard InChI is InChI=1S/C40H67N11O13/c1-19(2)13-27(50-36(59)25(10-11-30(41)53)49-34(57)22(6)46-37(60)26-15-24(52)16-42-26)35(58)43-17-31(54)48-28(14-20(3)4)38(61)45-21(5)33(56)44-18-32(55)51-12-8-9-29(51)39(62)47-23(7)40(63)64/h19-29,42,52H,8-18H2,1-7H3,(H2,41,53)(H,43,58)(H,44,56)(H,45,61)(H,46,60)(H,47,62)(H,48,54)(H,49,57)(H,50,59)(H,63,64)/t21-,22-,23-,24-,25-,26+,27-,28-,29-/m0/s1. The molecule has 2 rings (SSSR count). The lowest BCUT2D eigenvalue weighted by Crippen LogP contribution is -2.58. The van der Waals surface area contributed by atoms with Gasteiger partial charge in [0, 0.05) is 19.5 Å². The Morgan fingerprint density at radius 3 is 1.77 bits per heavy atom. The minimum Gasteiger partial charge on any atom is -0.480 e. The second-order valence-corrected chi connectivity index (χ2v) is 17.1. The van der Waals surface area contributed by atoms with Gasteiger partial charge in [0.1, 0.15) is 42.3 Å². The number of likely N-dealkylation sites (tertiary alicyclic amines) is 1. The van der Waals surface area contributed by atoms with E-state index in [1.54, 1.807) is 27.7 Å². The molecule has 0 aromatic rings. The molecule has 64 heavy (non-hydrogen) atoms. The summed E-state index contributed by atoms with van der Waals surface area (Å²) in [5.74, 6) is -8.67. The van der Waals surface area contributed by atoms with E-state index in [4.69, 9.17) is 10.8 Å². The van der Waals surface area contributed by atoms with Gasteiger partial charge in [0.25, 0.3) is 0 Å². The van der Waals surface area contributed by atoms with Gasteiger partial charge in [-0.1, -0.05) is 27.7 Å². The predicted molar refractivity (Wildman–Crippen MR) is 227 cm³/mol. The van der Waals surface area contributed by atoms with Gasteiger partial charge in [0.2, 0.25) is 59.1 Å². The highest BCUT2D eigenvalue weighted by Gasteiger charge is 2.36.